The molecule has 0 spiro atoms. The molecule has 0 atom stereocenters. The van der Waals surface area contributed by atoms with Crippen LogP contribution >= 0.6 is 0 Å². The first-order valence-corrected chi connectivity index (χ1v) is 9.26. The summed E-state index contributed by atoms with van der Waals surface area (Å²) in [7, 11) is 0. The van der Waals surface area contributed by atoms with Crippen molar-refractivity contribution in [2.24, 2.45) is 0 Å². The number of ether oxygens (including phenoxy) is 1. The highest BCUT2D eigenvalue weighted by atomic mass is 19.1. The van der Waals surface area contributed by atoms with Crippen LogP contribution in [0.15, 0.2) is 41.2 Å². The lowest BCUT2D eigenvalue weighted by Crippen LogP contribution is -2.45. The monoisotopic (exact) mass is 372 g/mol. The molecule has 0 aliphatic carbocycles. The number of amides is 1. The van der Waals surface area contributed by atoms with Crippen LogP contribution in [-0.2, 0) is 10.2 Å². The summed E-state index contributed by atoms with van der Waals surface area (Å²) in [5, 5.41) is 3.00. The summed E-state index contributed by atoms with van der Waals surface area (Å²) in [6.07, 6.45) is 1.42. The molecule has 2 heterocycles. The molecule has 3 rings (SSSR count). The fraction of sp³-hybridized carbons (Fsp3) is 0.429. The Morgan fingerprint density at radius 2 is 2.00 bits per heavy atom. The highest BCUT2D eigenvalue weighted by Gasteiger charge is 2.35. The number of benzene rings is 1. The smallest absolute Gasteiger partial charge is 0.253 e. The summed E-state index contributed by atoms with van der Waals surface area (Å²) in [5.74, 6) is -0.510. The van der Waals surface area contributed by atoms with Gasteiger partial charge in [0.25, 0.3) is 5.91 Å². The van der Waals surface area contributed by atoms with E-state index in [1.165, 1.54) is 18.2 Å². The van der Waals surface area contributed by atoms with E-state index in [0.29, 0.717) is 43.9 Å². The van der Waals surface area contributed by atoms with Crippen LogP contribution in [0, 0.1) is 5.82 Å². The molecule has 0 saturated carbocycles. The molecular weight excluding hydrogens is 347 g/mol. The molecule has 1 aromatic heterocycles. The van der Waals surface area contributed by atoms with Gasteiger partial charge in [-0.2, -0.15) is 0 Å². The highest BCUT2D eigenvalue weighted by molar-refractivity contribution is 5.95. The van der Waals surface area contributed by atoms with Crippen LogP contribution in [0.1, 0.15) is 54.2 Å². The van der Waals surface area contributed by atoms with Crippen molar-refractivity contribution in [2.45, 2.75) is 38.0 Å². The van der Waals surface area contributed by atoms with E-state index in [4.69, 9.17) is 4.74 Å². The van der Waals surface area contributed by atoms with Gasteiger partial charge in [-0.25, -0.2) is 4.39 Å². The lowest BCUT2D eigenvalue weighted by atomic mass is 9.74. The number of nitrogens with one attached hydrogen (secondary N) is 2. The van der Waals surface area contributed by atoms with Gasteiger partial charge in [-0.1, -0.05) is 26.0 Å². The lowest BCUT2D eigenvalue weighted by molar-refractivity contribution is 0.0486. The van der Waals surface area contributed by atoms with Crippen molar-refractivity contribution >= 4 is 5.91 Å². The van der Waals surface area contributed by atoms with E-state index >= 15 is 0 Å². The zero-order chi connectivity index (χ0) is 19.4. The number of pyridine rings is 1. The fourth-order valence-electron chi connectivity index (χ4n) is 3.64. The van der Waals surface area contributed by atoms with Crippen LogP contribution in [0.25, 0.3) is 0 Å². The third-order valence-electron chi connectivity index (χ3n) is 5.25. The number of rotatable bonds is 5. The van der Waals surface area contributed by atoms with Gasteiger partial charge in [-0.3, -0.25) is 9.59 Å². The van der Waals surface area contributed by atoms with Crippen LogP contribution in [0.5, 0.6) is 0 Å². The number of hydrogen-bond donors (Lipinski definition) is 2. The molecule has 1 fully saturated rings. The Bertz CT molecular complexity index is 870. The number of aromatic amines is 1. The summed E-state index contributed by atoms with van der Waals surface area (Å²) in [6, 6.07) is 9.48. The molecule has 2 aromatic rings. The Hall–Kier alpha value is -2.47. The minimum Gasteiger partial charge on any atom is -0.381 e. The Morgan fingerprint density at radius 1 is 1.26 bits per heavy atom. The maximum absolute atomic E-state index is 13.8. The van der Waals surface area contributed by atoms with Gasteiger partial charge in [0, 0.05) is 36.9 Å². The largest absolute Gasteiger partial charge is 0.381 e. The molecule has 2 N–H and O–H groups in total. The average Bonchev–Trinajstić information content (AvgIpc) is 2.66. The third kappa shape index (κ3) is 4.27. The first-order chi connectivity index (χ1) is 12.9. The van der Waals surface area contributed by atoms with Crippen molar-refractivity contribution in [1.29, 1.82) is 0 Å². The molecule has 1 aliphatic rings. The van der Waals surface area contributed by atoms with Crippen molar-refractivity contribution in [2.75, 3.05) is 19.8 Å². The van der Waals surface area contributed by atoms with Gasteiger partial charge in [-0.05, 0) is 42.5 Å². The van der Waals surface area contributed by atoms with E-state index in [2.05, 4.69) is 10.3 Å². The number of hydrogen-bond acceptors (Lipinski definition) is 3. The van der Waals surface area contributed by atoms with E-state index in [0.717, 1.165) is 5.56 Å². The summed E-state index contributed by atoms with van der Waals surface area (Å²) in [6.45, 7) is 5.38. The molecule has 0 unspecified atom stereocenters. The van der Waals surface area contributed by atoms with Gasteiger partial charge in [-0.15, -0.1) is 0 Å². The molecule has 6 heteroatoms. The molecule has 1 amide bonds. The predicted molar refractivity (Wildman–Crippen MR) is 102 cm³/mol. The Morgan fingerprint density at radius 3 is 2.67 bits per heavy atom. The van der Waals surface area contributed by atoms with Gasteiger partial charge < -0.3 is 15.0 Å². The van der Waals surface area contributed by atoms with Crippen LogP contribution in [-0.4, -0.2) is 30.6 Å². The number of aromatic nitrogens is 1. The quantitative estimate of drug-likeness (QED) is 0.847. The molecule has 0 bridgehead atoms. The SMILES string of the molecule is CC(C)c1[nH]c(=O)ccc1C(=O)NCC1(c2cccc(F)c2)CCOCC1. The summed E-state index contributed by atoms with van der Waals surface area (Å²) < 4.78 is 19.3. The topological polar surface area (TPSA) is 71.2 Å². The molecule has 0 radical (unpaired) electrons. The molecule has 144 valence electrons. The first kappa shape index (κ1) is 19.3. The number of H-pyrrole nitrogens is 1. The van der Waals surface area contributed by atoms with E-state index in [9.17, 15) is 14.0 Å². The predicted octanol–water partition coefficient (Wildman–Crippen LogP) is 3.12. The minimum absolute atomic E-state index is 0.0138. The molecule has 1 saturated heterocycles. The highest BCUT2D eigenvalue weighted by Crippen LogP contribution is 2.34. The Kier molecular flexibility index (Phi) is 5.75. The average molecular weight is 372 g/mol. The van der Waals surface area contributed by atoms with E-state index in [-0.39, 0.29) is 28.6 Å². The van der Waals surface area contributed by atoms with E-state index in [1.54, 1.807) is 12.1 Å². The summed E-state index contributed by atoms with van der Waals surface area (Å²) in [5.41, 5.74) is 1.36. The first-order valence-electron chi connectivity index (χ1n) is 9.26. The maximum Gasteiger partial charge on any atom is 0.253 e. The van der Waals surface area contributed by atoms with Crippen molar-refractivity contribution in [3.05, 3.63) is 69.4 Å². The standard InChI is InChI=1S/C21H25FN2O3/c1-14(2)19-17(6-7-18(25)24-19)20(26)23-13-21(8-10-27-11-9-21)15-4-3-5-16(22)12-15/h3-7,12,14H,8-11,13H2,1-2H3,(H,23,26)(H,24,25). The summed E-state index contributed by atoms with van der Waals surface area (Å²) in [4.78, 5) is 27.2. The second-order valence-corrected chi connectivity index (χ2v) is 7.39. The third-order valence-corrected chi connectivity index (χ3v) is 5.25. The molecule has 1 aliphatic heterocycles. The van der Waals surface area contributed by atoms with Crippen molar-refractivity contribution in [3.63, 3.8) is 0 Å². The fourth-order valence-corrected chi connectivity index (χ4v) is 3.64. The molecule has 5 nitrogen and oxygen atoms in total. The van der Waals surface area contributed by atoms with Gasteiger partial charge in [0.05, 0.1) is 5.56 Å². The normalized spacial score (nSPS) is 16.3. The van der Waals surface area contributed by atoms with Crippen LogP contribution in [0.4, 0.5) is 4.39 Å². The van der Waals surface area contributed by atoms with Gasteiger partial charge in [0.15, 0.2) is 0 Å². The van der Waals surface area contributed by atoms with Crippen LogP contribution in [0.3, 0.4) is 0 Å². The Balaban J connectivity index is 1.84. The molecule has 1 aromatic carbocycles. The zero-order valence-corrected chi connectivity index (χ0v) is 15.7. The molecule has 27 heavy (non-hydrogen) atoms. The van der Waals surface area contributed by atoms with E-state index < -0.39 is 0 Å². The number of halogens is 1. The minimum atomic E-state index is -0.365. The molecular formula is C21H25FN2O3. The van der Waals surface area contributed by atoms with Gasteiger partial charge >= 0.3 is 0 Å². The second-order valence-electron chi connectivity index (χ2n) is 7.39. The van der Waals surface area contributed by atoms with Gasteiger partial charge in [0.1, 0.15) is 5.82 Å². The Labute approximate surface area is 158 Å². The second kappa shape index (κ2) is 8.05. The zero-order valence-electron chi connectivity index (χ0n) is 15.7. The van der Waals surface area contributed by atoms with Crippen LogP contribution < -0.4 is 10.9 Å². The van der Waals surface area contributed by atoms with Crippen molar-refractivity contribution in [1.82, 2.24) is 10.3 Å². The van der Waals surface area contributed by atoms with E-state index in [1.807, 2.05) is 19.9 Å². The lowest BCUT2D eigenvalue weighted by Gasteiger charge is -2.38. The number of carbonyl (C=O) groups excluding carboxylic acids is 1. The van der Waals surface area contributed by atoms with Crippen molar-refractivity contribution < 1.29 is 13.9 Å². The summed E-state index contributed by atoms with van der Waals surface area (Å²) >= 11 is 0. The maximum atomic E-state index is 13.8. The van der Waals surface area contributed by atoms with Crippen molar-refractivity contribution in [3.8, 4) is 0 Å². The van der Waals surface area contributed by atoms with Crippen LogP contribution in [0.2, 0.25) is 0 Å². The number of carbonyl (C=O) groups is 1. The van der Waals surface area contributed by atoms with Gasteiger partial charge in [0.2, 0.25) is 5.56 Å².